The molecule has 0 aliphatic heterocycles. The summed E-state index contributed by atoms with van der Waals surface area (Å²) in [6, 6.07) is 0. The summed E-state index contributed by atoms with van der Waals surface area (Å²) in [6.07, 6.45) is 6.48. The molecule has 3 nitrogen and oxygen atoms in total. The SMILES string of the molecule is [Re][O]OOC1=CC=CC1. The van der Waals surface area contributed by atoms with Crippen LogP contribution in [0.4, 0.5) is 0 Å². The van der Waals surface area contributed by atoms with Crippen molar-refractivity contribution in [2.75, 3.05) is 0 Å². The zero-order valence-corrected chi connectivity index (χ0v) is 7.26. The molecule has 0 bridgehead atoms. The van der Waals surface area contributed by atoms with E-state index < -0.39 is 0 Å². The molecular weight excluding hydrogens is 294 g/mol. The predicted octanol–water partition coefficient (Wildman–Crippen LogP) is 1.17. The maximum atomic E-state index is 4.64. The van der Waals surface area contributed by atoms with Gasteiger partial charge in [0, 0.05) is 0 Å². The molecule has 0 aromatic heterocycles. The zero-order valence-electron chi connectivity index (χ0n) is 4.54. The van der Waals surface area contributed by atoms with Crippen molar-refractivity contribution in [1.29, 1.82) is 0 Å². The van der Waals surface area contributed by atoms with Gasteiger partial charge < -0.3 is 0 Å². The molecule has 0 fully saturated rings. The van der Waals surface area contributed by atoms with Crippen LogP contribution in [0.25, 0.3) is 0 Å². The molecule has 0 unspecified atom stereocenters. The van der Waals surface area contributed by atoms with Crippen LogP contribution in [0.2, 0.25) is 0 Å². The fourth-order valence-corrected chi connectivity index (χ4v) is 0.638. The first-order valence-electron chi connectivity index (χ1n) is 2.41. The summed E-state index contributed by atoms with van der Waals surface area (Å²) in [4.78, 5) is 4.64. The average Bonchev–Trinajstić information content (AvgIpc) is 2.34. The number of hydrogen-bond acceptors (Lipinski definition) is 3. The molecule has 0 spiro atoms. The van der Waals surface area contributed by atoms with Gasteiger partial charge in [-0.1, -0.05) is 0 Å². The van der Waals surface area contributed by atoms with Gasteiger partial charge in [-0.15, -0.1) is 0 Å². The van der Waals surface area contributed by atoms with Crippen molar-refractivity contribution in [3.05, 3.63) is 24.0 Å². The van der Waals surface area contributed by atoms with Gasteiger partial charge in [-0.05, 0) is 0 Å². The molecule has 0 aromatic carbocycles. The minimum absolute atomic E-state index is 0.770. The molecule has 0 atom stereocenters. The number of rotatable bonds is 3. The summed E-state index contributed by atoms with van der Waals surface area (Å²) in [5, 5.41) is 4.23. The van der Waals surface area contributed by atoms with Gasteiger partial charge in [0.05, 0.1) is 0 Å². The Kier molecular flexibility index (Phi) is 2.95. The van der Waals surface area contributed by atoms with Crippen LogP contribution in [0.5, 0.6) is 0 Å². The molecule has 1 aliphatic carbocycles. The van der Waals surface area contributed by atoms with E-state index in [0.29, 0.717) is 0 Å². The van der Waals surface area contributed by atoms with Gasteiger partial charge in [0.2, 0.25) is 0 Å². The van der Waals surface area contributed by atoms with Gasteiger partial charge in [0.15, 0.2) is 0 Å². The van der Waals surface area contributed by atoms with Gasteiger partial charge in [0.25, 0.3) is 0 Å². The van der Waals surface area contributed by atoms with E-state index in [1.807, 2.05) is 18.2 Å². The summed E-state index contributed by atoms with van der Waals surface area (Å²) >= 11 is 1.05. The van der Waals surface area contributed by atoms with E-state index in [1.165, 1.54) is 0 Å². The Morgan fingerprint density at radius 2 is 2.44 bits per heavy atom. The summed E-state index contributed by atoms with van der Waals surface area (Å²) in [5.74, 6) is 0.770. The standard InChI is InChI=1S/C5H6O3.Re/c6-8-7-5-3-1-2-4-5;/h1-3,6H,4H2;/q;+1/p-1. The van der Waals surface area contributed by atoms with Crippen LogP contribution in [-0.4, -0.2) is 0 Å². The van der Waals surface area contributed by atoms with E-state index in [-0.39, 0.29) is 0 Å². The third kappa shape index (κ3) is 2.29. The van der Waals surface area contributed by atoms with E-state index >= 15 is 0 Å². The van der Waals surface area contributed by atoms with E-state index in [0.717, 1.165) is 31.8 Å². The van der Waals surface area contributed by atoms with E-state index in [2.05, 4.69) is 13.5 Å². The normalized spacial score (nSPS) is 15.9. The van der Waals surface area contributed by atoms with Gasteiger partial charge in [-0.3, -0.25) is 0 Å². The molecule has 0 radical (unpaired) electrons. The van der Waals surface area contributed by atoms with Gasteiger partial charge in [-0.25, -0.2) is 0 Å². The molecule has 50 valence electrons. The van der Waals surface area contributed by atoms with Crippen LogP contribution in [-0.2, 0) is 33.1 Å². The summed E-state index contributed by atoms with van der Waals surface area (Å²) in [6.45, 7) is 0. The Bertz CT molecular complexity index is 141. The van der Waals surface area contributed by atoms with Crippen molar-refractivity contribution in [3.8, 4) is 0 Å². The average molecular weight is 299 g/mol. The first kappa shape index (κ1) is 6.98. The van der Waals surface area contributed by atoms with Crippen LogP contribution in [0.15, 0.2) is 24.0 Å². The second kappa shape index (κ2) is 3.81. The summed E-state index contributed by atoms with van der Waals surface area (Å²) < 4.78 is 4.27. The van der Waals surface area contributed by atoms with E-state index in [9.17, 15) is 0 Å². The molecule has 0 N–H and O–H groups in total. The van der Waals surface area contributed by atoms with Crippen molar-refractivity contribution in [1.82, 2.24) is 0 Å². The van der Waals surface area contributed by atoms with E-state index in [1.54, 1.807) is 0 Å². The van der Waals surface area contributed by atoms with Gasteiger partial charge >= 0.3 is 63.5 Å². The van der Waals surface area contributed by atoms with Crippen LogP contribution < -0.4 is 0 Å². The Balaban J connectivity index is 2.14. The van der Waals surface area contributed by atoms with Crippen molar-refractivity contribution in [2.24, 2.45) is 0 Å². The quantitative estimate of drug-likeness (QED) is 0.578. The molecule has 4 heteroatoms. The summed E-state index contributed by atoms with van der Waals surface area (Å²) in [5.41, 5.74) is 0. The fraction of sp³-hybridized carbons (Fsp3) is 0.200. The molecule has 1 rings (SSSR count). The Morgan fingerprint density at radius 1 is 1.56 bits per heavy atom. The molecule has 9 heavy (non-hydrogen) atoms. The monoisotopic (exact) mass is 300 g/mol. The maximum absolute atomic E-state index is 4.64. The van der Waals surface area contributed by atoms with Crippen LogP contribution >= 0.6 is 0 Å². The topological polar surface area (TPSA) is 27.7 Å². The molecular formula is C5H5O3Re. The molecule has 0 saturated heterocycles. The van der Waals surface area contributed by atoms with Crippen LogP contribution in [0.3, 0.4) is 0 Å². The number of hydrogen-bond donors (Lipinski definition) is 0. The van der Waals surface area contributed by atoms with Crippen molar-refractivity contribution in [2.45, 2.75) is 6.42 Å². The Morgan fingerprint density at radius 3 is 3.00 bits per heavy atom. The first-order chi connectivity index (χ1) is 4.43. The second-order valence-corrected chi connectivity index (χ2v) is 1.93. The molecule has 0 amide bonds. The second-order valence-electron chi connectivity index (χ2n) is 1.48. The third-order valence-corrected chi connectivity index (χ3v) is 1.09. The van der Waals surface area contributed by atoms with E-state index in [4.69, 9.17) is 0 Å². The molecule has 1 aliphatic rings. The van der Waals surface area contributed by atoms with Crippen molar-refractivity contribution in [3.63, 3.8) is 0 Å². The number of allylic oxidation sites excluding steroid dienone is 3. The van der Waals surface area contributed by atoms with Crippen LogP contribution in [0, 0.1) is 0 Å². The van der Waals surface area contributed by atoms with Gasteiger partial charge in [0.1, 0.15) is 0 Å². The van der Waals surface area contributed by atoms with Crippen LogP contribution in [0.1, 0.15) is 6.42 Å². The van der Waals surface area contributed by atoms with Crippen molar-refractivity contribution < 1.29 is 33.1 Å². The fourth-order valence-electron chi connectivity index (χ4n) is 0.546. The third-order valence-electron chi connectivity index (χ3n) is 0.904. The minimum atomic E-state index is 0.770. The van der Waals surface area contributed by atoms with Gasteiger partial charge in [-0.2, -0.15) is 0 Å². The Labute approximate surface area is 64.0 Å². The zero-order chi connectivity index (χ0) is 6.53. The molecule has 0 heterocycles. The molecule has 0 aromatic rings. The summed E-state index contributed by atoms with van der Waals surface area (Å²) in [7, 11) is 0. The van der Waals surface area contributed by atoms with Crippen molar-refractivity contribution >= 4 is 0 Å². The predicted molar refractivity (Wildman–Crippen MR) is 25.1 cm³/mol. The first-order valence-corrected chi connectivity index (χ1v) is 3.52. The Hall–Kier alpha value is -0.138. The molecule has 0 saturated carbocycles.